The minimum absolute atomic E-state index is 0.121. The van der Waals surface area contributed by atoms with Crippen LogP contribution in [0.5, 0.6) is 0 Å². The highest BCUT2D eigenvalue weighted by Gasteiger charge is 2.21. The summed E-state index contributed by atoms with van der Waals surface area (Å²) in [5, 5.41) is 10.7. The number of nitro benzene ring substituents is 1. The van der Waals surface area contributed by atoms with Crippen molar-refractivity contribution in [2.24, 2.45) is 0 Å². The minimum atomic E-state index is -0.373. The van der Waals surface area contributed by atoms with E-state index in [1.165, 1.54) is 5.69 Å². The SMILES string of the molecule is CN1CCN(c2ccc([N+](=O)[O-])cc2)c2ccccc21. The molecule has 0 bridgehead atoms. The molecule has 0 amide bonds. The van der Waals surface area contributed by atoms with Crippen LogP contribution in [0.2, 0.25) is 0 Å². The molecule has 0 radical (unpaired) electrons. The van der Waals surface area contributed by atoms with Crippen LogP contribution in [-0.4, -0.2) is 25.1 Å². The number of benzene rings is 2. The lowest BCUT2D eigenvalue weighted by atomic mass is 10.1. The summed E-state index contributed by atoms with van der Waals surface area (Å²) < 4.78 is 0. The molecule has 1 heterocycles. The highest BCUT2D eigenvalue weighted by Crippen LogP contribution is 2.37. The average Bonchev–Trinajstić information content (AvgIpc) is 2.48. The Morgan fingerprint density at radius 1 is 1.00 bits per heavy atom. The second kappa shape index (κ2) is 4.85. The average molecular weight is 269 g/mol. The lowest BCUT2D eigenvalue weighted by molar-refractivity contribution is -0.384. The van der Waals surface area contributed by atoms with E-state index in [0.29, 0.717) is 0 Å². The zero-order valence-corrected chi connectivity index (χ0v) is 11.2. The molecule has 20 heavy (non-hydrogen) atoms. The maximum Gasteiger partial charge on any atom is 0.269 e. The Morgan fingerprint density at radius 3 is 2.30 bits per heavy atom. The van der Waals surface area contributed by atoms with Gasteiger partial charge in [0.05, 0.1) is 16.3 Å². The second-order valence-electron chi connectivity index (χ2n) is 4.84. The van der Waals surface area contributed by atoms with E-state index in [9.17, 15) is 10.1 Å². The van der Waals surface area contributed by atoms with Crippen LogP contribution < -0.4 is 9.80 Å². The number of non-ortho nitro benzene ring substituents is 1. The molecule has 0 spiro atoms. The van der Waals surface area contributed by atoms with Gasteiger partial charge in [0.2, 0.25) is 0 Å². The van der Waals surface area contributed by atoms with Crippen molar-refractivity contribution >= 4 is 22.7 Å². The quantitative estimate of drug-likeness (QED) is 0.620. The number of rotatable bonds is 2. The standard InChI is InChI=1S/C15H15N3O2/c1-16-10-11-17(15-5-3-2-4-14(15)16)12-6-8-13(9-7-12)18(19)20/h2-9H,10-11H2,1H3. The summed E-state index contributed by atoms with van der Waals surface area (Å²) in [6, 6.07) is 14.9. The molecule has 102 valence electrons. The molecule has 0 atom stereocenters. The summed E-state index contributed by atoms with van der Waals surface area (Å²) in [6.07, 6.45) is 0. The van der Waals surface area contributed by atoms with Crippen LogP contribution in [0.15, 0.2) is 48.5 Å². The first-order valence-corrected chi connectivity index (χ1v) is 6.49. The predicted octanol–water partition coefficient (Wildman–Crippen LogP) is 3.18. The molecule has 2 aromatic carbocycles. The van der Waals surface area contributed by atoms with Gasteiger partial charge in [0.15, 0.2) is 0 Å². The van der Waals surface area contributed by atoms with E-state index < -0.39 is 0 Å². The molecule has 1 aliphatic rings. The van der Waals surface area contributed by atoms with Gasteiger partial charge < -0.3 is 9.80 Å². The van der Waals surface area contributed by atoms with Crippen LogP contribution in [0.3, 0.4) is 0 Å². The summed E-state index contributed by atoms with van der Waals surface area (Å²) in [7, 11) is 2.08. The van der Waals surface area contributed by atoms with Gasteiger partial charge in [0.25, 0.3) is 5.69 Å². The van der Waals surface area contributed by atoms with Gasteiger partial charge in [-0.2, -0.15) is 0 Å². The number of anilines is 3. The fourth-order valence-corrected chi connectivity index (χ4v) is 2.53. The molecule has 3 rings (SSSR count). The third-order valence-corrected chi connectivity index (χ3v) is 3.61. The highest BCUT2D eigenvalue weighted by molar-refractivity contribution is 5.79. The highest BCUT2D eigenvalue weighted by atomic mass is 16.6. The maximum atomic E-state index is 10.7. The van der Waals surface area contributed by atoms with Crippen LogP contribution >= 0.6 is 0 Å². The molecule has 0 unspecified atom stereocenters. The molecular formula is C15H15N3O2. The van der Waals surface area contributed by atoms with Crippen LogP contribution in [0, 0.1) is 10.1 Å². The largest absolute Gasteiger partial charge is 0.371 e. The number of hydrogen-bond acceptors (Lipinski definition) is 4. The van der Waals surface area contributed by atoms with Crippen molar-refractivity contribution in [2.45, 2.75) is 0 Å². The zero-order valence-electron chi connectivity index (χ0n) is 11.2. The van der Waals surface area contributed by atoms with Crippen molar-refractivity contribution in [2.75, 3.05) is 29.9 Å². The number of nitro groups is 1. The summed E-state index contributed by atoms with van der Waals surface area (Å²) >= 11 is 0. The molecule has 1 aliphatic heterocycles. The third kappa shape index (κ3) is 2.07. The molecule has 5 heteroatoms. The third-order valence-electron chi connectivity index (χ3n) is 3.61. The van der Waals surface area contributed by atoms with Crippen LogP contribution in [0.25, 0.3) is 0 Å². The Kier molecular flexibility index (Phi) is 3.02. The second-order valence-corrected chi connectivity index (χ2v) is 4.84. The van der Waals surface area contributed by atoms with Crippen LogP contribution in [0.1, 0.15) is 0 Å². The molecule has 0 aliphatic carbocycles. The molecular weight excluding hydrogens is 254 g/mol. The molecule has 5 nitrogen and oxygen atoms in total. The van der Waals surface area contributed by atoms with Crippen molar-refractivity contribution in [3.8, 4) is 0 Å². The Hall–Kier alpha value is -2.56. The van der Waals surface area contributed by atoms with Gasteiger partial charge in [-0.25, -0.2) is 0 Å². The first kappa shape index (κ1) is 12.5. The smallest absolute Gasteiger partial charge is 0.269 e. The van der Waals surface area contributed by atoms with Crippen molar-refractivity contribution in [3.63, 3.8) is 0 Å². The molecule has 0 N–H and O–H groups in total. The Balaban J connectivity index is 1.99. The fourth-order valence-electron chi connectivity index (χ4n) is 2.53. The topological polar surface area (TPSA) is 49.6 Å². The van der Waals surface area contributed by atoms with Gasteiger partial charge in [-0.1, -0.05) is 12.1 Å². The van der Waals surface area contributed by atoms with Gasteiger partial charge >= 0.3 is 0 Å². The predicted molar refractivity (Wildman–Crippen MR) is 79.8 cm³/mol. The summed E-state index contributed by atoms with van der Waals surface area (Å²) in [4.78, 5) is 14.8. The summed E-state index contributed by atoms with van der Waals surface area (Å²) in [5.41, 5.74) is 3.42. The van der Waals surface area contributed by atoms with Crippen molar-refractivity contribution in [3.05, 3.63) is 58.6 Å². The van der Waals surface area contributed by atoms with Gasteiger partial charge in [-0.05, 0) is 24.3 Å². The van der Waals surface area contributed by atoms with Crippen LogP contribution in [-0.2, 0) is 0 Å². The van der Waals surface area contributed by atoms with Crippen LogP contribution in [0.4, 0.5) is 22.7 Å². The van der Waals surface area contributed by atoms with E-state index in [-0.39, 0.29) is 10.6 Å². The molecule has 2 aromatic rings. The summed E-state index contributed by atoms with van der Waals surface area (Å²) in [5.74, 6) is 0. The van der Waals surface area contributed by atoms with E-state index in [4.69, 9.17) is 0 Å². The summed E-state index contributed by atoms with van der Waals surface area (Å²) in [6.45, 7) is 1.79. The number of likely N-dealkylation sites (N-methyl/N-ethyl adjacent to an activating group) is 1. The van der Waals surface area contributed by atoms with E-state index in [1.807, 2.05) is 12.1 Å². The monoisotopic (exact) mass is 269 g/mol. The minimum Gasteiger partial charge on any atom is -0.371 e. The van der Waals surface area contributed by atoms with Gasteiger partial charge in [0, 0.05) is 38.0 Å². The van der Waals surface area contributed by atoms with Crippen molar-refractivity contribution in [1.82, 2.24) is 0 Å². The first-order valence-electron chi connectivity index (χ1n) is 6.49. The van der Waals surface area contributed by atoms with E-state index in [2.05, 4.69) is 29.0 Å². The lowest BCUT2D eigenvalue weighted by Gasteiger charge is -2.36. The number of hydrogen-bond donors (Lipinski definition) is 0. The normalized spacial score (nSPS) is 14.1. The van der Waals surface area contributed by atoms with E-state index >= 15 is 0 Å². The van der Waals surface area contributed by atoms with Crippen molar-refractivity contribution < 1.29 is 4.92 Å². The number of para-hydroxylation sites is 2. The van der Waals surface area contributed by atoms with Gasteiger partial charge in [0.1, 0.15) is 0 Å². The van der Waals surface area contributed by atoms with Gasteiger partial charge in [-0.3, -0.25) is 10.1 Å². The number of fused-ring (bicyclic) bond motifs is 1. The Bertz CT molecular complexity index is 640. The molecule has 0 saturated carbocycles. The first-order chi connectivity index (χ1) is 9.66. The Labute approximate surface area is 117 Å². The Morgan fingerprint density at radius 2 is 1.65 bits per heavy atom. The molecule has 0 fully saturated rings. The maximum absolute atomic E-state index is 10.7. The lowest BCUT2D eigenvalue weighted by Crippen LogP contribution is -2.36. The van der Waals surface area contributed by atoms with Gasteiger partial charge in [-0.15, -0.1) is 0 Å². The van der Waals surface area contributed by atoms with E-state index in [0.717, 1.165) is 24.5 Å². The van der Waals surface area contributed by atoms with E-state index in [1.54, 1.807) is 24.3 Å². The van der Waals surface area contributed by atoms with Crippen molar-refractivity contribution in [1.29, 1.82) is 0 Å². The molecule has 0 saturated heterocycles. The fraction of sp³-hybridized carbons (Fsp3) is 0.200. The number of nitrogens with zero attached hydrogens (tertiary/aromatic N) is 3. The molecule has 0 aromatic heterocycles. The zero-order chi connectivity index (χ0) is 14.1.